The van der Waals surface area contributed by atoms with Crippen LogP contribution in [0.5, 0.6) is 0 Å². The minimum Gasteiger partial charge on any atom is -0.378 e. The van der Waals surface area contributed by atoms with Crippen LogP contribution < -0.4 is 5.73 Å². The van der Waals surface area contributed by atoms with Crippen molar-refractivity contribution in [2.75, 3.05) is 39.5 Å². The number of aliphatic imine (C=N–C) groups is 1. The SMILES string of the molecule is I.NC(=NCCCCOCc1ccccc1)N1CCOCC1. The molecule has 1 saturated heterocycles. The summed E-state index contributed by atoms with van der Waals surface area (Å²) < 4.78 is 10.9. The predicted octanol–water partition coefficient (Wildman–Crippen LogP) is 2.25. The maximum atomic E-state index is 5.95. The number of halogens is 1. The molecular formula is C16H26IN3O2. The van der Waals surface area contributed by atoms with Crippen LogP contribution in [0.3, 0.4) is 0 Å². The summed E-state index contributed by atoms with van der Waals surface area (Å²) >= 11 is 0. The second-order valence-electron chi connectivity index (χ2n) is 5.08. The summed E-state index contributed by atoms with van der Waals surface area (Å²) in [5.74, 6) is 0.642. The second kappa shape index (κ2) is 11.7. The van der Waals surface area contributed by atoms with E-state index in [9.17, 15) is 0 Å². The number of morpholine rings is 1. The molecule has 0 aliphatic carbocycles. The Balaban J connectivity index is 0.00000242. The third kappa shape index (κ3) is 7.42. The molecule has 0 spiro atoms. The lowest BCUT2D eigenvalue weighted by atomic mass is 10.2. The highest BCUT2D eigenvalue weighted by molar-refractivity contribution is 14.0. The number of nitrogens with zero attached hydrogens (tertiary/aromatic N) is 2. The molecule has 0 radical (unpaired) electrons. The highest BCUT2D eigenvalue weighted by Crippen LogP contribution is 2.02. The molecular weight excluding hydrogens is 393 g/mol. The zero-order valence-electron chi connectivity index (χ0n) is 12.9. The van der Waals surface area contributed by atoms with Crippen LogP contribution in [-0.2, 0) is 16.1 Å². The molecule has 1 fully saturated rings. The van der Waals surface area contributed by atoms with Gasteiger partial charge < -0.3 is 20.1 Å². The highest BCUT2D eigenvalue weighted by Gasteiger charge is 2.11. The van der Waals surface area contributed by atoms with E-state index in [1.807, 2.05) is 18.2 Å². The number of rotatable bonds is 7. The third-order valence-electron chi connectivity index (χ3n) is 3.42. The molecule has 22 heavy (non-hydrogen) atoms. The number of guanidine groups is 1. The van der Waals surface area contributed by atoms with E-state index in [-0.39, 0.29) is 24.0 Å². The summed E-state index contributed by atoms with van der Waals surface area (Å²) in [6.07, 6.45) is 2.01. The van der Waals surface area contributed by atoms with Crippen molar-refractivity contribution in [3.8, 4) is 0 Å². The van der Waals surface area contributed by atoms with Gasteiger partial charge in [-0.15, -0.1) is 24.0 Å². The number of ether oxygens (including phenoxy) is 2. The van der Waals surface area contributed by atoms with Crippen molar-refractivity contribution < 1.29 is 9.47 Å². The van der Waals surface area contributed by atoms with Crippen molar-refractivity contribution >= 4 is 29.9 Å². The zero-order valence-corrected chi connectivity index (χ0v) is 15.3. The standard InChI is InChI=1S/C16H25N3O2.HI/c17-16(19-9-12-20-13-10-19)18-8-4-5-11-21-14-15-6-2-1-3-7-15;/h1-3,6-7H,4-5,8-14H2,(H2,17,18);1H. The predicted molar refractivity (Wildman–Crippen MR) is 99.6 cm³/mol. The van der Waals surface area contributed by atoms with E-state index in [4.69, 9.17) is 15.2 Å². The first-order valence-electron chi connectivity index (χ1n) is 7.60. The third-order valence-corrected chi connectivity index (χ3v) is 3.42. The van der Waals surface area contributed by atoms with Gasteiger partial charge in [0, 0.05) is 26.2 Å². The molecule has 1 aliphatic rings. The molecule has 2 rings (SSSR count). The summed E-state index contributed by atoms with van der Waals surface area (Å²) in [4.78, 5) is 6.49. The average Bonchev–Trinajstić information content (AvgIpc) is 2.55. The molecule has 6 heteroatoms. The molecule has 5 nitrogen and oxygen atoms in total. The molecule has 1 aromatic rings. The Morgan fingerprint density at radius 2 is 1.91 bits per heavy atom. The Kier molecular flexibility index (Phi) is 10.2. The lowest BCUT2D eigenvalue weighted by Gasteiger charge is -2.27. The van der Waals surface area contributed by atoms with Crippen LogP contribution in [0.25, 0.3) is 0 Å². The van der Waals surface area contributed by atoms with Gasteiger partial charge in [0.25, 0.3) is 0 Å². The molecule has 2 N–H and O–H groups in total. The Morgan fingerprint density at radius 3 is 2.64 bits per heavy atom. The molecule has 0 saturated carbocycles. The van der Waals surface area contributed by atoms with Gasteiger partial charge >= 0.3 is 0 Å². The highest BCUT2D eigenvalue weighted by atomic mass is 127. The van der Waals surface area contributed by atoms with E-state index in [1.165, 1.54) is 5.56 Å². The van der Waals surface area contributed by atoms with Crippen LogP contribution in [0.2, 0.25) is 0 Å². The van der Waals surface area contributed by atoms with Gasteiger partial charge in [-0.05, 0) is 18.4 Å². The maximum Gasteiger partial charge on any atom is 0.191 e. The normalized spacial score (nSPS) is 15.5. The Bertz CT molecular complexity index is 423. The minimum absolute atomic E-state index is 0. The lowest BCUT2D eigenvalue weighted by molar-refractivity contribution is 0.0674. The Hall–Kier alpha value is -0.860. The van der Waals surface area contributed by atoms with Crippen LogP contribution in [0.1, 0.15) is 18.4 Å². The summed E-state index contributed by atoms with van der Waals surface area (Å²) in [7, 11) is 0. The van der Waals surface area contributed by atoms with Crippen LogP contribution >= 0.6 is 24.0 Å². The van der Waals surface area contributed by atoms with Crippen LogP contribution in [0.15, 0.2) is 35.3 Å². The number of hydrogen-bond donors (Lipinski definition) is 1. The van der Waals surface area contributed by atoms with E-state index in [0.717, 1.165) is 52.3 Å². The van der Waals surface area contributed by atoms with E-state index < -0.39 is 0 Å². The topological polar surface area (TPSA) is 60.1 Å². The molecule has 124 valence electrons. The number of unbranched alkanes of at least 4 members (excludes halogenated alkanes) is 1. The molecule has 0 bridgehead atoms. The van der Waals surface area contributed by atoms with Crippen molar-refractivity contribution in [1.29, 1.82) is 0 Å². The fourth-order valence-electron chi connectivity index (χ4n) is 2.17. The second-order valence-corrected chi connectivity index (χ2v) is 5.08. The maximum absolute atomic E-state index is 5.95. The molecule has 0 amide bonds. The van der Waals surface area contributed by atoms with Crippen molar-refractivity contribution in [2.45, 2.75) is 19.4 Å². The first-order chi connectivity index (χ1) is 10.4. The van der Waals surface area contributed by atoms with Gasteiger partial charge in [-0.3, -0.25) is 4.99 Å². The smallest absolute Gasteiger partial charge is 0.191 e. The fourth-order valence-corrected chi connectivity index (χ4v) is 2.17. The van der Waals surface area contributed by atoms with E-state index >= 15 is 0 Å². The van der Waals surface area contributed by atoms with Gasteiger partial charge in [-0.1, -0.05) is 30.3 Å². The lowest BCUT2D eigenvalue weighted by Crippen LogP contribution is -2.44. The Labute approximate surface area is 149 Å². The largest absolute Gasteiger partial charge is 0.378 e. The zero-order chi connectivity index (χ0) is 14.8. The minimum atomic E-state index is 0. The summed E-state index contributed by atoms with van der Waals surface area (Å²) in [6.45, 7) is 5.37. The van der Waals surface area contributed by atoms with Gasteiger partial charge in [-0.25, -0.2) is 0 Å². The monoisotopic (exact) mass is 419 g/mol. The van der Waals surface area contributed by atoms with Crippen molar-refractivity contribution in [2.24, 2.45) is 10.7 Å². The molecule has 0 atom stereocenters. The van der Waals surface area contributed by atoms with Gasteiger partial charge in [-0.2, -0.15) is 0 Å². The number of nitrogens with two attached hydrogens (primary N) is 1. The summed E-state index contributed by atoms with van der Waals surface area (Å²) in [5, 5.41) is 0. The average molecular weight is 419 g/mol. The van der Waals surface area contributed by atoms with Gasteiger partial charge in [0.1, 0.15) is 0 Å². The molecule has 0 unspecified atom stereocenters. The summed E-state index contributed by atoms with van der Waals surface area (Å²) in [6, 6.07) is 10.2. The number of hydrogen-bond acceptors (Lipinski definition) is 3. The molecule has 1 heterocycles. The van der Waals surface area contributed by atoms with Crippen molar-refractivity contribution in [3.05, 3.63) is 35.9 Å². The van der Waals surface area contributed by atoms with Gasteiger partial charge in [0.2, 0.25) is 0 Å². The van der Waals surface area contributed by atoms with Crippen LogP contribution in [0, 0.1) is 0 Å². The molecule has 1 aromatic carbocycles. The first-order valence-corrected chi connectivity index (χ1v) is 7.60. The summed E-state index contributed by atoms with van der Waals surface area (Å²) in [5.41, 5.74) is 7.17. The van der Waals surface area contributed by atoms with E-state index in [2.05, 4.69) is 22.0 Å². The van der Waals surface area contributed by atoms with Crippen LogP contribution in [-0.4, -0.2) is 50.3 Å². The van der Waals surface area contributed by atoms with Gasteiger partial charge in [0.05, 0.1) is 19.8 Å². The molecule has 0 aromatic heterocycles. The van der Waals surface area contributed by atoms with E-state index in [0.29, 0.717) is 12.6 Å². The fraction of sp³-hybridized carbons (Fsp3) is 0.562. The van der Waals surface area contributed by atoms with Gasteiger partial charge in [0.15, 0.2) is 5.96 Å². The quantitative estimate of drug-likeness (QED) is 0.319. The van der Waals surface area contributed by atoms with Crippen LogP contribution in [0.4, 0.5) is 0 Å². The van der Waals surface area contributed by atoms with Crippen molar-refractivity contribution in [3.63, 3.8) is 0 Å². The molecule has 1 aliphatic heterocycles. The first kappa shape index (κ1) is 19.2. The Morgan fingerprint density at radius 1 is 1.18 bits per heavy atom. The van der Waals surface area contributed by atoms with Crippen molar-refractivity contribution in [1.82, 2.24) is 4.90 Å². The van der Waals surface area contributed by atoms with E-state index in [1.54, 1.807) is 0 Å². The number of benzene rings is 1.